The molecule has 1 aliphatic carbocycles. The summed E-state index contributed by atoms with van der Waals surface area (Å²) in [5.74, 6) is 1.58. The van der Waals surface area contributed by atoms with Crippen molar-refractivity contribution in [2.75, 3.05) is 33.9 Å². The molecule has 0 bridgehead atoms. The van der Waals surface area contributed by atoms with Gasteiger partial charge in [-0.1, -0.05) is 12.1 Å². The van der Waals surface area contributed by atoms with Gasteiger partial charge < -0.3 is 15.0 Å². The number of hydrogen-bond acceptors (Lipinski definition) is 4. The van der Waals surface area contributed by atoms with E-state index in [9.17, 15) is 8.42 Å². The Morgan fingerprint density at radius 3 is 2.46 bits per heavy atom. The molecule has 8 heteroatoms. The van der Waals surface area contributed by atoms with Gasteiger partial charge in [0.25, 0.3) is 0 Å². The van der Waals surface area contributed by atoms with Crippen molar-refractivity contribution in [3.63, 3.8) is 0 Å². The topological polar surface area (TPSA) is 83.0 Å². The van der Waals surface area contributed by atoms with Crippen LogP contribution < -0.4 is 10.0 Å². The van der Waals surface area contributed by atoms with E-state index >= 15 is 0 Å². The first-order valence-corrected chi connectivity index (χ1v) is 11.6. The zero-order valence-electron chi connectivity index (χ0n) is 16.9. The smallest absolute Gasteiger partial charge is 0.240 e. The predicted octanol–water partition coefficient (Wildman–Crippen LogP) is 1.95. The van der Waals surface area contributed by atoms with Crippen LogP contribution in [-0.2, 0) is 21.3 Å². The average Bonchev–Trinajstić information content (AvgIpc) is 3.51. The Balaban J connectivity index is 1.47. The molecule has 0 unspecified atom stereocenters. The largest absolute Gasteiger partial charge is 0.381 e. The fourth-order valence-corrected chi connectivity index (χ4v) is 4.66. The van der Waals surface area contributed by atoms with Crippen LogP contribution in [0.2, 0.25) is 0 Å². The highest BCUT2D eigenvalue weighted by molar-refractivity contribution is 7.89. The van der Waals surface area contributed by atoms with Gasteiger partial charge in [-0.25, -0.2) is 13.1 Å². The lowest BCUT2D eigenvalue weighted by Gasteiger charge is -2.26. The predicted molar refractivity (Wildman–Crippen MR) is 111 cm³/mol. The molecule has 0 radical (unpaired) electrons. The van der Waals surface area contributed by atoms with Crippen LogP contribution in [0.4, 0.5) is 0 Å². The van der Waals surface area contributed by atoms with Crippen LogP contribution >= 0.6 is 0 Å². The Kier molecular flexibility index (Phi) is 7.31. The quantitative estimate of drug-likeness (QED) is 0.507. The van der Waals surface area contributed by atoms with E-state index in [1.165, 1.54) is 0 Å². The lowest BCUT2D eigenvalue weighted by atomic mass is 9.96. The third-order valence-corrected chi connectivity index (χ3v) is 6.91. The van der Waals surface area contributed by atoms with E-state index < -0.39 is 10.0 Å². The number of benzene rings is 1. The van der Waals surface area contributed by atoms with Crippen molar-refractivity contribution in [2.24, 2.45) is 10.9 Å². The maximum Gasteiger partial charge on any atom is 0.240 e. The van der Waals surface area contributed by atoms with Crippen molar-refractivity contribution in [1.82, 2.24) is 14.9 Å². The minimum atomic E-state index is -3.39. The Bertz CT molecular complexity index is 754. The molecule has 2 fully saturated rings. The van der Waals surface area contributed by atoms with E-state index in [1.807, 2.05) is 19.2 Å². The fraction of sp³-hybridized carbons (Fsp3) is 0.650. The molecule has 28 heavy (non-hydrogen) atoms. The van der Waals surface area contributed by atoms with Crippen LogP contribution in [0, 0.1) is 5.92 Å². The lowest BCUT2D eigenvalue weighted by Crippen LogP contribution is -2.39. The van der Waals surface area contributed by atoms with E-state index in [1.54, 1.807) is 19.2 Å². The molecule has 0 spiro atoms. The minimum Gasteiger partial charge on any atom is -0.381 e. The number of guanidine groups is 1. The molecule has 2 aliphatic rings. The van der Waals surface area contributed by atoms with Crippen molar-refractivity contribution in [2.45, 2.75) is 49.6 Å². The molecular formula is C20H32N4O3S. The van der Waals surface area contributed by atoms with Crippen molar-refractivity contribution < 1.29 is 13.2 Å². The zero-order valence-corrected chi connectivity index (χ0v) is 17.7. The summed E-state index contributed by atoms with van der Waals surface area (Å²) in [4.78, 5) is 6.83. The van der Waals surface area contributed by atoms with Gasteiger partial charge in [0.05, 0.1) is 4.90 Å². The summed E-state index contributed by atoms with van der Waals surface area (Å²) >= 11 is 0. The Morgan fingerprint density at radius 1 is 1.18 bits per heavy atom. The lowest BCUT2D eigenvalue weighted by molar-refractivity contribution is 0.0625. The number of nitrogens with one attached hydrogen (secondary N) is 2. The van der Waals surface area contributed by atoms with Gasteiger partial charge >= 0.3 is 0 Å². The fourth-order valence-electron chi connectivity index (χ4n) is 3.36. The summed E-state index contributed by atoms with van der Waals surface area (Å²) < 4.78 is 32.6. The number of hydrogen-bond donors (Lipinski definition) is 2. The van der Waals surface area contributed by atoms with Crippen molar-refractivity contribution in [3.8, 4) is 0 Å². The summed E-state index contributed by atoms with van der Waals surface area (Å²) in [7, 11) is 0.441. The molecule has 1 saturated carbocycles. The molecule has 7 nitrogen and oxygen atoms in total. The number of sulfonamides is 1. The van der Waals surface area contributed by atoms with Gasteiger partial charge in [-0.3, -0.25) is 4.99 Å². The third-order valence-electron chi connectivity index (χ3n) is 5.37. The number of rotatable bonds is 8. The molecule has 1 aliphatic heterocycles. The van der Waals surface area contributed by atoms with Crippen LogP contribution in [0.5, 0.6) is 0 Å². The standard InChI is InChI=1S/C20H32N4O3S/c1-21-20(24(2)12-9-16-10-13-27-14-11-16)22-15-17-3-7-19(8-4-17)28(25,26)23-18-5-6-18/h3-4,7-8,16,18,23H,5-6,9-15H2,1-2H3,(H,21,22). The highest BCUT2D eigenvalue weighted by atomic mass is 32.2. The van der Waals surface area contributed by atoms with E-state index in [2.05, 4.69) is 19.9 Å². The maximum atomic E-state index is 12.2. The first-order valence-electron chi connectivity index (χ1n) is 10.1. The van der Waals surface area contributed by atoms with Crippen LogP contribution in [0.1, 0.15) is 37.7 Å². The molecule has 0 aromatic heterocycles. The molecule has 1 saturated heterocycles. The van der Waals surface area contributed by atoms with Gasteiger partial charge in [-0.15, -0.1) is 0 Å². The molecule has 2 N–H and O–H groups in total. The summed E-state index contributed by atoms with van der Waals surface area (Å²) in [6.45, 7) is 3.31. The van der Waals surface area contributed by atoms with Crippen LogP contribution in [0.3, 0.4) is 0 Å². The minimum absolute atomic E-state index is 0.117. The number of aliphatic imine (C=N–C) groups is 1. The van der Waals surface area contributed by atoms with Crippen LogP contribution in [0.15, 0.2) is 34.2 Å². The average molecular weight is 409 g/mol. The SMILES string of the molecule is CN=C(NCc1ccc(S(=O)(=O)NC2CC2)cc1)N(C)CCC1CCOCC1. The van der Waals surface area contributed by atoms with E-state index in [0.29, 0.717) is 11.4 Å². The van der Waals surface area contributed by atoms with Gasteiger partial charge in [-0.05, 0) is 55.7 Å². The van der Waals surface area contributed by atoms with E-state index in [-0.39, 0.29) is 6.04 Å². The molecular weight excluding hydrogens is 376 g/mol. The summed E-state index contributed by atoms with van der Waals surface area (Å²) in [5, 5.41) is 3.36. The van der Waals surface area contributed by atoms with Gasteiger partial charge in [0.15, 0.2) is 5.96 Å². The Hall–Kier alpha value is -1.64. The molecule has 1 heterocycles. The second kappa shape index (κ2) is 9.71. The molecule has 1 aromatic carbocycles. The van der Waals surface area contributed by atoms with Gasteiger partial charge in [0.1, 0.15) is 0 Å². The summed E-state index contributed by atoms with van der Waals surface area (Å²) in [5.41, 5.74) is 1.02. The van der Waals surface area contributed by atoms with Gasteiger partial charge in [0, 0.05) is 46.4 Å². The summed E-state index contributed by atoms with van der Waals surface area (Å²) in [6.07, 6.45) is 5.29. The Morgan fingerprint density at radius 2 is 1.86 bits per heavy atom. The molecule has 0 amide bonds. The van der Waals surface area contributed by atoms with Crippen molar-refractivity contribution in [1.29, 1.82) is 0 Å². The molecule has 156 valence electrons. The van der Waals surface area contributed by atoms with E-state index in [0.717, 1.165) is 69.3 Å². The number of ether oxygens (including phenoxy) is 1. The highest BCUT2D eigenvalue weighted by Crippen LogP contribution is 2.22. The molecule has 1 aromatic rings. The first-order chi connectivity index (χ1) is 13.5. The number of nitrogens with zero attached hydrogens (tertiary/aromatic N) is 2. The zero-order chi connectivity index (χ0) is 20.0. The third kappa shape index (κ3) is 6.18. The highest BCUT2D eigenvalue weighted by Gasteiger charge is 2.27. The van der Waals surface area contributed by atoms with Gasteiger partial charge in [0.2, 0.25) is 10.0 Å². The molecule has 3 rings (SSSR count). The first kappa shape index (κ1) is 21.1. The maximum absolute atomic E-state index is 12.2. The second-order valence-electron chi connectivity index (χ2n) is 7.71. The Labute approximate surface area is 168 Å². The second-order valence-corrected chi connectivity index (χ2v) is 9.42. The summed E-state index contributed by atoms with van der Waals surface area (Å²) in [6, 6.07) is 7.15. The van der Waals surface area contributed by atoms with E-state index in [4.69, 9.17) is 4.74 Å². The van der Waals surface area contributed by atoms with Crippen LogP contribution in [-0.4, -0.2) is 59.2 Å². The molecule has 0 atom stereocenters. The van der Waals surface area contributed by atoms with Gasteiger partial charge in [-0.2, -0.15) is 0 Å². The van der Waals surface area contributed by atoms with Crippen molar-refractivity contribution >= 4 is 16.0 Å². The normalized spacial score (nSPS) is 18.9. The monoisotopic (exact) mass is 408 g/mol. The van der Waals surface area contributed by atoms with Crippen LogP contribution in [0.25, 0.3) is 0 Å². The van der Waals surface area contributed by atoms with Crippen molar-refractivity contribution in [3.05, 3.63) is 29.8 Å².